The van der Waals surface area contributed by atoms with E-state index in [0.29, 0.717) is 18.6 Å². The van der Waals surface area contributed by atoms with Crippen molar-refractivity contribution in [3.05, 3.63) is 42.0 Å². The normalized spacial score (nSPS) is 39.0. The van der Waals surface area contributed by atoms with Gasteiger partial charge in [-0.1, -0.05) is 36.8 Å². The van der Waals surface area contributed by atoms with E-state index in [1.807, 2.05) is 25.1 Å². The highest BCUT2D eigenvalue weighted by atomic mass is 32.2. The molecule has 0 amide bonds. The smallest absolute Gasteiger partial charge is 0.310 e. The Morgan fingerprint density at radius 3 is 2.77 bits per heavy atom. The van der Waals surface area contributed by atoms with Crippen molar-refractivity contribution in [2.24, 2.45) is 17.8 Å². The maximum absolute atomic E-state index is 12.9. The van der Waals surface area contributed by atoms with E-state index in [-0.39, 0.29) is 42.0 Å². The number of thioether (sulfide) groups is 1. The molecule has 0 spiro atoms. The van der Waals surface area contributed by atoms with Gasteiger partial charge in [0.15, 0.2) is 0 Å². The van der Waals surface area contributed by atoms with E-state index in [1.165, 1.54) is 10.5 Å². The fourth-order valence-corrected chi connectivity index (χ4v) is 6.49. The maximum atomic E-state index is 12.9. The molecule has 3 heterocycles. The number of rotatable bonds is 3. The second kappa shape index (κ2) is 9.68. The van der Waals surface area contributed by atoms with Crippen molar-refractivity contribution < 1.29 is 19.4 Å². The molecule has 0 saturated carbocycles. The standard InChI is InChI=1S/C26H36O4S/c1-17-9-7-11-18(2)23-24-20(15-22(29-23)26(3,28)14-8-10-17)21(25(27)30-24)16-31-19-12-5-4-6-13-19/h4-6,10,12-13,18,20-24,28H,7-9,11,14-16H2,1-3H3/t18-,20+,21?,22+,23+,24-,26-/m1/s1. The first-order valence-corrected chi connectivity index (χ1v) is 12.8. The lowest BCUT2D eigenvalue weighted by molar-refractivity contribution is -0.210. The van der Waals surface area contributed by atoms with E-state index in [9.17, 15) is 9.90 Å². The first-order valence-electron chi connectivity index (χ1n) is 11.8. The molecule has 2 saturated heterocycles. The first-order chi connectivity index (χ1) is 14.8. The van der Waals surface area contributed by atoms with Gasteiger partial charge in [-0.2, -0.15) is 0 Å². The van der Waals surface area contributed by atoms with Crippen LogP contribution >= 0.6 is 11.8 Å². The van der Waals surface area contributed by atoms with E-state index in [1.54, 1.807) is 11.8 Å². The van der Waals surface area contributed by atoms with E-state index in [0.717, 1.165) is 25.7 Å². The zero-order chi connectivity index (χ0) is 22.0. The van der Waals surface area contributed by atoms with Crippen molar-refractivity contribution in [1.82, 2.24) is 0 Å². The molecule has 170 valence electrons. The molecule has 1 N–H and O–H groups in total. The van der Waals surface area contributed by atoms with Crippen LogP contribution < -0.4 is 0 Å². The van der Waals surface area contributed by atoms with Gasteiger partial charge in [-0.05, 0) is 70.4 Å². The van der Waals surface area contributed by atoms with Crippen LogP contribution in [0.2, 0.25) is 0 Å². The summed E-state index contributed by atoms with van der Waals surface area (Å²) < 4.78 is 12.5. The van der Waals surface area contributed by atoms with Crippen LogP contribution in [0.5, 0.6) is 0 Å². The van der Waals surface area contributed by atoms with Gasteiger partial charge in [0, 0.05) is 16.6 Å². The molecular weight excluding hydrogens is 408 g/mol. The van der Waals surface area contributed by atoms with Crippen molar-refractivity contribution >= 4 is 17.7 Å². The molecule has 3 aliphatic heterocycles. The summed E-state index contributed by atoms with van der Waals surface area (Å²) in [6.07, 6.45) is 7.09. The minimum absolute atomic E-state index is 0.0960. The number of carbonyl (C=O) groups is 1. The third-order valence-corrected chi connectivity index (χ3v) is 8.56. The minimum Gasteiger partial charge on any atom is -0.459 e. The topological polar surface area (TPSA) is 55.8 Å². The molecule has 0 radical (unpaired) electrons. The van der Waals surface area contributed by atoms with Gasteiger partial charge in [0.25, 0.3) is 0 Å². The predicted octanol–water partition coefficient (Wildman–Crippen LogP) is 5.39. The molecular formula is C26H36O4S. The lowest BCUT2D eigenvalue weighted by Crippen LogP contribution is -2.55. The van der Waals surface area contributed by atoms with Gasteiger partial charge in [0.1, 0.15) is 6.10 Å². The van der Waals surface area contributed by atoms with Gasteiger partial charge in [0.2, 0.25) is 0 Å². The Kier molecular flexibility index (Phi) is 7.14. The Morgan fingerprint density at radius 2 is 2.00 bits per heavy atom. The summed E-state index contributed by atoms with van der Waals surface area (Å²) in [6, 6.07) is 10.2. The molecule has 31 heavy (non-hydrogen) atoms. The van der Waals surface area contributed by atoms with Crippen molar-refractivity contribution in [3.8, 4) is 0 Å². The van der Waals surface area contributed by atoms with Crippen LogP contribution in [0.3, 0.4) is 0 Å². The Bertz CT molecular complexity index is 790. The number of hydrogen-bond acceptors (Lipinski definition) is 5. The van der Waals surface area contributed by atoms with Crippen molar-refractivity contribution in [2.75, 3.05) is 5.75 Å². The Hall–Kier alpha value is -1.30. The highest BCUT2D eigenvalue weighted by molar-refractivity contribution is 7.99. The predicted molar refractivity (Wildman–Crippen MR) is 124 cm³/mol. The molecule has 1 aromatic rings. The van der Waals surface area contributed by atoms with Crippen molar-refractivity contribution in [2.45, 2.75) is 88.1 Å². The monoisotopic (exact) mass is 444 g/mol. The number of aliphatic hydroxyl groups is 1. The average molecular weight is 445 g/mol. The molecule has 3 aliphatic rings. The summed E-state index contributed by atoms with van der Waals surface area (Å²) in [5.41, 5.74) is 0.486. The zero-order valence-corrected chi connectivity index (χ0v) is 19.8. The van der Waals surface area contributed by atoms with E-state index < -0.39 is 5.60 Å². The molecule has 5 heteroatoms. The molecule has 0 aliphatic carbocycles. The third-order valence-electron chi connectivity index (χ3n) is 7.43. The van der Waals surface area contributed by atoms with Crippen LogP contribution in [-0.2, 0) is 14.3 Å². The molecule has 1 unspecified atom stereocenters. The maximum Gasteiger partial charge on any atom is 0.310 e. The zero-order valence-electron chi connectivity index (χ0n) is 19.0. The lowest BCUT2D eigenvalue weighted by atomic mass is 9.74. The molecule has 1 aromatic carbocycles. The van der Waals surface area contributed by atoms with Gasteiger partial charge < -0.3 is 14.6 Å². The second-order valence-corrected chi connectivity index (χ2v) is 11.0. The van der Waals surface area contributed by atoms with Crippen LogP contribution in [-0.4, -0.2) is 40.7 Å². The first kappa shape index (κ1) is 22.9. The summed E-state index contributed by atoms with van der Waals surface area (Å²) in [7, 11) is 0. The van der Waals surface area contributed by atoms with Gasteiger partial charge in [-0.3, -0.25) is 4.79 Å². The van der Waals surface area contributed by atoms with E-state index >= 15 is 0 Å². The van der Waals surface area contributed by atoms with Gasteiger partial charge in [-0.15, -0.1) is 11.8 Å². The average Bonchev–Trinajstić information content (AvgIpc) is 3.06. The number of ether oxygens (including phenoxy) is 2. The quantitative estimate of drug-likeness (QED) is 0.385. The van der Waals surface area contributed by atoms with Crippen molar-refractivity contribution in [3.63, 3.8) is 0 Å². The molecule has 4 nitrogen and oxygen atoms in total. The van der Waals surface area contributed by atoms with Gasteiger partial charge in [-0.25, -0.2) is 0 Å². The molecule has 7 atom stereocenters. The summed E-state index contributed by atoms with van der Waals surface area (Å²) in [4.78, 5) is 14.1. The molecule has 0 aromatic heterocycles. The number of allylic oxidation sites excluding steroid dienone is 2. The largest absolute Gasteiger partial charge is 0.459 e. The fourth-order valence-electron chi connectivity index (χ4n) is 5.39. The van der Waals surface area contributed by atoms with Crippen LogP contribution in [0.4, 0.5) is 0 Å². The highest BCUT2D eigenvalue weighted by Gasteiger charge is 2.55. The Morgan fingerprint density at radius 1 is 1.23 bits per heavy atom. The van der Waals surface area contributed by atoms with Gasteiger partial charge >= 0.3 is 5.97 Å². The fraction of sp³-hybridized carbons (Fsp3) is 0.654. The minimum atomic E-state index is -0.915. The van der Waals surface area contributed by atoms with Crippen LogP contribution in [0.25, 0.3) is 0 Å². The number of benzene rings is 1. The summed E-state index contributed by atoms with van der Waals surface area (Å²) in [6.45, 7) is 6.30. The third kappa shape index (κ3) is 5.20. The molecule has 4 rings (SSSR count). The Balaban J connectivity index is 1.56. The highest BCUT2D eigenvalue weighted by Crippen LogP contribution is 2.46. The molecule has 2 fully saturated rings. The number of carbonyl (C=O) groups excluding carboxylic acids is 1. The van der Waals surface area contributed by atoms with Crippen LogP contribution in [0, 0.1) is 17.8 Å². The number of hydrogen-bond donors (Lipinski definition) is 1. The van der Waals surface area contributed by atoms with Gasteiger partial charge in [0.05, 0.1) is 23.7 Å². The summed E-state index contributed by atoms with van der Waals surface area (Å²) in [5.74, 6) is 0.846. The Labute approximate surface area is 190 Å². The van der Waals surface area contributed by atoms with E-state index in [4.69, 9.17) is 9.47 Å². The summed E-state index contributed by atoms with van der Waals surface area (Å²) in [5, 5.41) is 11.3. The number of esters is 1. The lowest BCUT2D eigenvalue weighted by Gasteiger charge is -2.46. The second-order valence-electron chi connectivity index (χ2n) is 9.94. The summed E-state index contributed by atoms with van der Waals surface area (Å²) >= 11 is 1.72. The van der Waals surface area contributed by atoms with Crippen molar-refractivity contribution in [1.29, 1.82) is 0 Å². The number of fused-ring (bicyclic) bond motifs is 4. The van der Waals surface area contributed by atoms with Crippen LogP contribution in [0.1, 0.15) is 59.3 Å². The van der Waals surface area contributed by atoms with E-state index in [2.05, 4.69) is 32.1 Å². The SMILES string of the molecule is CC1=CCC[C@@](C)(O)[C@@H]2C[C@H]3C(CSc4ccccc4)C(=O)O[C@H]3[C@@H](O2)[C@H](C)CCC1. The molecule has 2 bridgehead atoms. The van der Waals surface area contributed by atoms with Crippen LogP contribution in [0.15, 0.2) is 46.9 Å².